The molecule has 3 amide bonds. The Labute approximate surface area is 194 Å². The first-order chi connectivity index (χ1) is 15.9. The minimum Gasteiger partial charge on any atom is -0.497 e. The van der Waals surface area contributed by atoms with Gasteiger partial charge < -0.3 is 24.3 Å². The van der Waals surface area contributed by atoms with Crippen molar-refractivity contribution in [2.24, 2.45) is 5.92 Å². The Hall–Kier alpha value is -3.74. The van der Waals surface area contributed by atoms with Gasteiger partial charge in [0.15, 0.2) is 0 Å². The lowest BCUT2D eigenvalue weighted by Gasteiger charge is -2.28. The van der Waals surface area contributed by atoms with Gasteiger partial charge in [-0.2, -0.15) is 0 Å². The SMILES string of the molecule is COc1cccc(NC(=O)N(CC(=O)N(Cc2ccccc2)Cc2ccco2)CC(C)C)c1. The van der Waals surface area contributed by atoms with Gasteiger partial charge in [0.05, 0.1) is 19.9 Å². The van der Waals surface area contributed by atoms with Crippen molar-refractivity contribution in [2.45, 2.75) is 26.9 Å². The number of nitrogens with one attached hydrogen (secondary N) is 1. The number of benzene rings is 2. The van der Waals surface area contributed by atoms with Crippen LogP contribution in [0.2, 0.25) is 0 Å². The third-order valence-electron chi connectivity index (χ3n) is 5.02. The van der Waals surface area contributed by atoms with E-state index in [0.29, 0.717) is 36.8 Å². The van der Waals surface area contributed by atoms with Crippen molar-refractivity contribution in [1.82, 2.24) is 9.80 Å². The summed E-state index contributed by atoms with van der Waals surface area (Å²) in [4.78, 5) is 29.7. The van der Waals surface area contributed by atoms with E-state index in [1.54, 1.807) is 53.5 Å². The molecule has 0 aliphatic rings. The maximum atomic E-state index is 13.4. The molecule has 0 aliphatic heterocycles. The van der Waals surface area contributed by atoms with Crippen molar-refractivity contribution in [3.8, 4) is 5.75 Å². The maximum absolute atomic E-state index is 13.4. The van der Waals surface area contributed by atoms with Crippen LogP contribution in [0.25, 0.3) is 0 Å². The van der Waals surface area contributed by atoms with E-state index in [9.17, 15) is 9.59 Å². The average molecular weight is 450 g/mol. The van der Waals surface area contributed by atoms with Gasteiger partial charge in [-0.15, -0.1) is 0 Å². The molecule has 33 heavy (non-hydrogen) atoms. The Balaban J connectivity index is 1.75. The first-order valence-electron chi connectivity index (χ1n) is 11.0. The van der Waals surface area contributed by atoms with Crippen LogP contribution in [0.1, 0.15) is 25.2 Å². The Morgan fingerprint density at radius 1 is 0.970 bits per heavy atom. The van der Waals surface area contributed by atoms with E-state index in [4.69, 9.17) is 9.15 Å². The van der Waals surface area contributed by atoms with Crippen molar-refractivity contribution in [1.29, 1.82) is 0 Å². The van der Waals surface area contributed by atoms with Gasteiger partial charge in [-0.1, -0.05) is 50.2 Å². The molecule has 7 heteroatoms. The first kappa shape index (κ1) is 23.9. The number of carbonyl (C=O) groups excluding carboxylic acids is 2. The second-order valence-electron chi connectivity index (χ2n) is 8.25. The van der Waals surface area contributed by atoms with E-state index in [2.05, 4.69) is 5.32 Å². The second kappa shape index (κ2) is 11.8. The standard InChI is InChI=1S/C26H31N3O4/c1-20(2)16-29(26(31)27-22-11-7-12-23(15-22)32-3)19-25(30)28(18-24-13-8-14-33-24)17-21-9-5-4-6-10-21/h4-15,20H,16-19H2,1-3H3,(H,27,31). The van der Waals surface area contributed by atoms with Gasteiger partial charge in [0.25, 0.3) is 0 Å². The molecule has 7 nitrogen and oxygen atoms in total. The molecule has 0 unspecified atom stereocenters. The van der Waals surface area contributed by atoms with Gasteiger partial charge >= 0.3 is 6.03 Å². The van der Waals surface area contributed by atoms with E-state index in [0.717, 1.165) is 5.56 Å². The van der Waals surface area contributed by atoms with E-state index >= 15 is 0 Å². The number of hydrogen-bond acceptors (Lipinski definition) is 4. The Kier molecular flexibility index (Phi) is 8.52. The summed E-state index contributed by atoms with van der Waals surface area (Å²) in [7, 11) is 1.57. The number of carbonyl (C=O) groups is 2. The highest BCUT2D eigenvalue weighted by molar-refractivity contribution is 5.92. The normalized spacial score (nSPS) is 10.7. The molecule has 3 rings (SSSR count). The third-order valence-corrected chi connectivity index (χ3v) is 5.02. The molecular weight excluding hydrogens is 418 g/mol. The maximum Gasteiger partial charge on any atom is 0.322 e. The van der Waals surface area contributed by atoms with Crippen LogP contribution in [0.3, 0.4) is 0 Å². The van der Waals surface area contributed by atoms with Gasteiger partial charge in [-0.3, -0.25) is 4.79 Å². The summed E-state index contributed by atoms with van der Waals surface area (Å²) < 4.78 is 10.7. The van der Waals surface area contributed by atoms with E-state index in [1.165, 1.54) is 0 Å². The number of nitrogens with zero attached hydrogens (tertiary/aromatic N) is 2. The minimum atomic E-state index is -0.331. The lowest BCUT2D eigenvalue weighted by atomic mass is 10.2. The summed E-state index contributed by atoms with van der Waals surface area (Å²) in [5.41, 5.74) is 1.62. The highest BCUT2D eigenvalue weighted by atomic mass is 16.5. The van der Waals surface area contributed by atoms with Crippen LogP contribution in [-0.2, 0) is 17.9 Å². The quantitative estimate of drug-likeness (QED) is 0.472. The summed E-state index contributed by atoms with van der Waals surface area (Å²) in [6.45, 7) is 5.19. The van der Waals surface area contributed by atoms with E-state index < -0.39 is 0 Å². The van der Waals surface area contributed by atoms with Crippen molar-refractivity contribution in [3.63, 3.8) is 0 Å². The van der Waals surface area contributed by atoms with E-state index in [1.807, 2.05) is 50.2 Å². The van der Waals surface area contributed by atoms with Gasteiger partial charge in [0.2, 0.25) is 5.91 Å². The molecule has 0 fully saturated rings. The number of methoxy groups -OCH3 is 1. The molecule has 1 N–H and O–H groups in total. The molecule has 2 aromatic carbocycles. The monoisotopic (exact) mass is 449 g/mol. The predicted octanol–water partition coefficient (Wildman–Crippen LogP) is 5.01. The Bertz CT molecular complexity index is 1020. The lowest BCUT2D eigenvalue weighted by molar-refractivity contribution is -0.133. The molecule has 1 heterocycles. The largest absolute Gasteiger partial charge is 0.497 e. The number of ether oxygens (including phenoxy) is 1. The molecular formula is C26H31N3O4. The number of amides is 3. The summed E-state index contributed by atoms with van der Waals surface area (Å²) in [6.07, 6.45) is 1.59. The Morgan fingerprint density at radius 2 is 1.76 bits per heavy atom. The van der Waals surface area contributed by atoms with Crippen LogP contribution >= 0.6 is 0 Å². The van der Waals surface area contributed by atoms with E-state index in [-0.39, 0.29) is 24.4 Å². The number of furan rings is 1. The molecule has 174 valence electrons. The van der Waals surface area contributed by atoms with Crippen LogP contribution in [0.4, 0.5) is 10.5 Å². The van der Waals surface area contributed by atoms with Crippen molar-refractivity contribution in [3.05, 3.63) is 84.3 Å². The molecule has 1 aromatic heterocycles. The fraction of sp³-hybridized carbons (Fsp3) is 0.308. The Morgan fingerprint density at radius 3 is 2.42 bits per heavy atom. The first-order valence-corrected chi connectivity index (χ1v) is 11.0. The van der Waals surface area contributed by atoms with Gasteiger partial charge in [-0.05, 0) is 35.7 Å². The van der Waals surface area contributed by atoms with Gasteiger partial charge in [0, 0.05) is 24.8 Å². The highest BCUT2D eigenvalue weighted by Crippen LogP contribution is 2.18. The number of urea groups is 1. The fourth-order valence-corrected chi connectivity index (χ4v) is 3.45. The van der Waals surface area contributed by atoms with Crippen LogP contribution < -0.4 is 10.1 Å². The molecule has 0 atom stereocenters. The smallest absolute Gasteiger partial charge is 0.322 e. The molecule has 3 aromatic rings. The zero-order valence-electron chi connectivity index (χ0n) is 19.4. The average Bonchev–Trinajstić information content (AvgIpc) is 3.32. The van der Waals surface area contributed by atoms with Crippen LogP contribution in [-0.4, -0.2) is 41.9 Å². The summed E-state index contributed by atoms with van der Waals surface area (Å²) in [6, 6.07) is 20.2. The van der Waals surface area contributed by atoms with Crippen LogP contribution in [0, 0.1) is 5.92 Å². The van der Waals surface area contributed by atoms with Crippen molar-refractivity contribution < 1.29 is 18.7 Å². The number of anilines is 1. The number of hydrogen-bond donors (Lipinski definition) is 1. The number of rotatable bonds is 10. The van der Waals surface area contributed by atoms with Gasteiger partial charge in [-0.25, -0.2) is 4.79 Å². The van der Waals surface area contributed by atoms with Crippen molar-refractivity contribution in [2.75, 3.05) is 25.5 Å². The zero-order chi connectivity index (χ0) is 23.6. The topological polar surface area (TPSA) is 75.0 Å². The lowest BCUT2D eigenvalue weighted by Crippen LogP contribution is -2.45. The molecule has 0 bridgehead atoms. The minimum absolute atomic E-state index is 0.0402. The van der Waals surface area contributed by atoms with Crippen molar-refractivity contribution >= 4 is 17.6 Å². The summed E-state index contributed by atoms with van der Waals surface area (Å²) in [5.74, 6) is 1.38. The second-order valence-corrected chi connectivity index (χ2v) is 8.25. The van der Waals surface area contributed by atoms with Crippen LogP contribution in [0.15, 0.2) is 77.4 Å². The highest BCUT2D eigenvalue weighted by Gasteiger charge is 2.23. The van der Waals surface area contributed by atoms with Crippen LogP contribution in [0.5, 0.6) is 5.75 Å². The molecule has 0 aliphatic carbocycles. The molecule has 0 radical (unpaired) electrons. The summed E-state index contributed by atoms with van der Waals surface area (Å²) >= 11 is 0. The predicted molar refractivity (Wildman–Crippen MR) is 128 cm³/mol. The fourth-order valence-electron chi connectivity index (χ4n) is 3.45. The molecule has 0 spiro atoms. The zero-order valence-corrected chi connectivity index (χ0v) is 19.4. The molecule has 0 saturated heterocycles. The summed E-state index contributed by atoms with van der Waals surface area (Å²) in [5, 5.41) is 2.88. The molecule has 0 saturated carbocycles. The third kappa shape index (κ3) is 7.42. The van der Waals surface area contributed by atoms with Gasteiger partial charge in [0.1, 0.15) is 18.1 Å².